The number of aromatic nitrogens is 5. The fraction of sp³-hybridized carbons (Fsp3) is 0.267. The van der Waals surface area contributed by atoms with Gasteiger partial charge in [0.25, 0.3) is 0 Å². The third kappa shape index (κ3) is 3.42. The number of anilines is 1. The Bertz CT molecular complexity index is 817. The molecule has 7 nitrogen and oxygen atoms in total. The first-order valence-electron chi connectivity index (χ1n) is 7.07. The number of carbonyl (C=O) groups is 1. The summed E-state index contributed by atoms with van der Waals surface area (Å²) >= 11 is 1.40. The summed E-state index contributed by atoms with van der Waals surface area (Å²) < 4.78 is 1.36. The number of nitrogens with one attached hydrogen (secondary N) is 1. The maximum absolute atomic E-state index is 11.9. The monoisotopic (exact) mass is 328 g/mol. The van der Waals surface area contributed by atoms with Gasteiger partial charge in [-0.1, -0.05) is 17.7 Å². The van der Waals surface area contributed by atoms with E-state index in [2.05, 4.69) is 58.7 Å². The number of hydrogen-bond acceptors (Lipinski definition) is 6. The molecule has 3 aromatic rings. The summed E-state index contributed by atoms with van der Waals surface area (Å²) in [5.41, 5.74) is 5.59. The number of nitrogens with zero attached hydrogens (tertiary/aromatic N) is 5. The lowest BCUT2D eigenvalue weighted by Gasteiger charge is -2.08. The molecule has 8 heteroatoms. The van der Waals surface area contributed by atoms with Gasteiger partial charge in [-0.2, -0.15) is 0 Å². The van der Waals surface area contributed by atoms with Gasteiger partial charge in [0.1, 0.15) is 12.9 Å². The van der Waals surface area contributed by atoms with E-state index >= 15 is 0 Å². The first-order valence-corrected chi connectivity index (χ1v) is 7.95. The molecule has 0 atom stereocenters. The quantitative estimate of drug-likeness (QED) is 0.794. The van der Waals surface area contributed by atoms with E-state index in [1.165, 1.54) is 39.0 Å². The molecule has 1 aromatic carbocycles. The summed E-state index contributed by atoms with van der Waals surface area (Å²) in [5, 5.41) is 15.9. The van der Waals surface area contributed by atoms with E-state index in [1.807, 2.05) is 5.38 Å². The van der Waals surface area contributed by atoms with Gasteiger partial charge in [0.05, 0.1) is 5.69 Å². The molecule has 1 N–H and O–H groups in total. The Morgan fingerprint density at radius 1 is 1.26 bits per heavy atom. The molecule has 2 heterocycles. The topological polar surface area (TPSA) is 85.6 Å². The van der Waals surface area contributed by atoms with Crippen LogP contribution < -0.4 is 5.32 Å². The second kappa shape index (κ2) is 6.25. The number of rotatable bonds is 4. The van der Waals surface area contributed by atoms with Crippen molar-refractivity contribution >= 4 is 22.4 Å². The Morgan fingerprint density at radius 2 is 2.00 bits per heavy atom. The van der Waals surface area contributed by atoms with Gasteiger partial charge in [0, 0.05) is 10.9 Å². The number of benzene rings is 1. The van der Waals surface area contributed by atoms with Crippen molar-refractivity contribution in [2.45, 2.75) is 27.3 Å². The van der Waals surface area contributed by atoms with Gasteiger partial charge in [-0.25, -0.2) is 9.67 Å². The Balaban J connectivity index is 1.77. The molecule has 0 fully saturated rings. The molecule has 0 saturated carbocycles. The maximum Gasteiger partial charge on any atom is 0.248 e. The third-order valence-electron chi connectivity index (χ3n) is 3.38. The van der Waals surface area contributed by atoms with Crippen LogP contribution in [0.4, 0.5) is 5.13 Å². The number of thiazole rings is 1. The molecule has 0 radical (unpaired) electrons. The Labute approximate surface area is 137 Å². The van der Waals surface area contributed by atoms with Crippen molar-refractivity contribution in [2.24, 2.45) is 0 Å². The normalized spacial score (nSPS) is 10.7. The Morgan fingerprint density at radius 3 is 2.65 bits per heavy atom. The van der Waals surface area contributed by atoms with Crippen LogP contribution in [0, 0.1) is 20.8 Å². The van der Waals surface area contributed by atoms with E-state index in [0.29, 0.717) is 5.13 Å². The molecule has 0 aliphatic heterocycles. The molecule has 3 rings (SSSR count). The molecule has 1 amide bonds. The van der Waals surface area contributed by atoms with Crippen LogP contribution in [-0.4, -0.2) is 31.1 Å². The highest BCUT2D eigenvalue weighted by Crippen LogP contribution is 2.30. The average molecular weight is 328 g/mol. The average Bonchev–Trinajstić information content (AvgIpc) is 3.10. The Hall–Kier alpha value is -2.61. The number of aryl methyl sites for hydroxylation is 3. The van der Waals surface area contributed by atoms with Crippen molar-refractivity contribution in [3.63, 3.8) is 0 Å². The zero-order valence-corrected chi connectivity index (χ0v) is 13.9. The first-order chi connectivity index (χ1) is 11.0. The van der Waals surface area contributed by atoms with E-state index in [9.17, 15) is 4.79 Å². The number of hydrogen-bond donors (Lipinski definition) is 1. The molecule has 0 aliphatic carbocycles. The Kier molecular flexibility index (Phi) is 4.16. The van der Waals surface area contributed by atoms with Crippen LogP contribution in [0.3, 0.4) is 0 Å². The van der Waals surface area contributed by atoms with Crippen molar-refractivity contribution < 1.29 is 4.79 Å². The highest BCUT2D eigenvalue weighted by Gasteiger charge is 2.12. The van der Waals surface area contributed by atoms with Crippen LogP contribution in [-0.2, 0) is 11.3 Å². The number of tetrazole rings is 1. The van der Waals surface area contributed by atoms with E-state index in [-0.39, 0.29) is 12.5 Å². The molecule has 0 unspecified atom stereocenters. The van der Waals surface area contributed by atoms with Crippen LogP contribution in [0.1, 0.15) is 16.7 Å². The van der Waals surface area contributed by atoms with Gasteiger partial charge in [-0.3, -0.25) is 4.79 Å². The smallest absolute Gasteiger partial charge is 0.248 e. The van der Waals surface area contributed by atoms with Gasteiger partial charge in [-0.15, -0.1) is 16.4 Å². The maximum atomic E-state index is 11.9. The molecule has 0 spiro atoms. The van der Waals surface area contributed by atoms with E-state index in [1.54, 1.807) is 0 Å². The largest absolute Gasteiger partial charge is 0.300 e. The van der Waals surface area contributed by atoms with Crippen molar-refractivity contribution in [3.8, 4) is 11.3 Å². The fourth-order valence-corrected chi connectivity index (χ4v) is 3.31. The minimum absolute atomic E-state index is 0.0600. The van der Waals surface area contributed by atoms with Crippen LogP contribution in [0.15, 0.2) is 23.8 Å². The molecule has 0 bridgehead atoms. The molecule has 2 aromatic heterocycles. The van der Waals surface area contributed by atoms with Gasteiger partial charge >= 0.3 is 0 Å². The van der Waals surface area contributed by atoms with Crippen molar-refractivity contribution in [2.75, 3.05) is 5.32 Å². The predicted molar refractivity (Wildman–Crippen MR) is 88.2 cm³/mol. The molecular weight excluding hydrogens is 312 g/mol. The summed E-state index contributed by atoms with van der Waals surface area (Å²) in [4.78, 5) is 16.5. The van der Waals surface area contributed by atoms with Crippen LogP contribution in [0.2, 0.25) is 0 Å². The molecule has 0 aliphatic rings. The first kappa shape index (κ1) is 15.3. The summed E-state index contributed by atoms with van der Waals surface area (Å²) in [5.74, 6) is -0.212. The third-order valence-corrected chi connectivity index (χ3v) is 4.14. The summed E-state index contributed by atoms with van der Waals surface area (Å²) in [6, 6.07) is 4.27. The standard InChI is InChI=1S/C15H16N6OS/c1-9-4-10(2)14(11(3)5-9)12-7-23-15(17-12)18-13(22)6-21-8-16-19-20-21/h4-5,7-8H,6H2,1-3H3,(H,17,18,22). The van der Waals surface area contributed by atoms with Crippen LogP contribution in [0.5, 0.6) is 0 Å². The minimum atomic E-state index is -0.212. The second-order valence-corrected chi connectivity index (χ2v) is 6.23. The lowest BCUT2D eigenvalue weighted by Crippen LogP contribution is -2.19. The van der Waals surface area contributed by atoms with Crippen LogP contribution in [0.25, 0.3) is 11.3 Å². The highest BCUT2D eigenvalue weighted by molar-refractivity contribution is 7.14. The molecule has 23 heavy (non-hydrogen) atoms. The summed E-state index contributed by atoms with van der Waals surface area (Å²) in [7, 11) is 0. The molecular formula is C15H16N6OS. The molecule has 0 saturated heterocycles. The predicted octanol–water partition coefficient (Wildman–Crippen LogP) is 2.36. The number of carbonyl (C=O) groups excluding carboxylic acids is 1. The van der Waals surface area contributed by atoms with Gasteiger partial charge in [0.15, 0.2) is 5.13 Å². The zero-order valence-electron chi connectivity index (χ0n) is 13.1. The number of amides is 1. The lowest BCUT2D eigenvalue weighted by molar-refractivity contribution is -0.116. The minimum Gasteiger partial charge on any atom is -0.300 e. The van der Waals surface area contributed by atoms with Gasteiger partial charge < -0.3 is 5.32 Å². The van der Waals surface area contributed by atoms with Crippen molar-refractivity contribution in [1.82, 2.24) is 25.2 Å². The van der Waals surface area contributed by atoms with E-state index in [4.69, 9.17) is 0 Å². The molecule has 118 valence electrons. The van der Waals surface area contributed by atoms with E-state index in [0.717, 1.165) is 11.3 Å². The van der Waals surface area contributed by atoms with Crippen molar-refractivity contribution in [1.29, 1.82) is 0 Å². The zero-order chi connectivity index (χ0) is 16.4. The SMILES string of the molecule is Cc1cc(C)c(-c2csc(NC(=O)Cn3cnnn3)n2)c(C)c1. The van der Waals surface area contributed by atoms with Gasteiger partial charge in [-0.05, 0) is 42.3 Å². The van der Waals surface area contributed by atoms with Crippen molar-refractivity contribution in [3.05, 3.63) is 40.5 Å². The lowest BCUT2D eigenvalue weighted by atomic mass is 9.98. The van der Waals surface area contributed by atoms with Crippen LogP contribution >= 0.6 is 11.3 Å². The van der Waals surface area contributed by atoms with Gasteiger partial charge in [0.2, 0.25) is 5.91 Å². The fourth-order valence-electron chi connectivity index (χ4n) is 2.59. The highest BCUT2D eigenvalue weighted by atomic mass is 32.1. The second-order valence-electron chi connectivity index (χ2n) is 5.37. The summed E-state index contributed by atoms with van der Waals surface area (Å²) in [6.07, 6.45) is 1.39. The van der Waals surface area contributed by atoms with E-state index < -0.39 is 0 Å². The summed E-state index contributed by atoms with van der Waals surface area (Å²) in [6.45, 7) is 6.29.